The number of carbonyl (C=O) groups excluding carboxylic acids is 2. The van der Waals surface area contributed by atoms with Gasteiger partial charge in [0.1, 0.15) is 12.6 Å². The Balaban J connectivity index is 1.49. The van der Waals surface area contributed by atoms with Crippen LogP contribution in [0.1, 0.15) is 60.3 Å². The van der Waals surface area contributed by atoms with Crippen molar-refractivity contribution in [2.75, 3.05) is 13.7 Å². The van der Waals surface area contributed by atoms with Crippen LogP contribution >= 0.6 is 11.3 Å². The topological polar surface area (TPSA) is 87.2 Å². The number of hydrogen-bond donors (Lipinski definition) is 0. The molecular weight excluding hydrogens is 516 g/mol. The van der Waals surface area contributed by atoms with E-state index in [1.807, 2.05) is 42.5 Å². The SMILES string of the molecule is CCOC(=O)C1Cc2c(ccc(OC)c2OCc2cncs2)CN1C(=O)C(OC1CCCC1)c1ccccc1. The number of benzene rings is 2. The molecule has 206 valence electrons. The fraction of sp³-hybridized carbons (Fsp3) is 0.433. The summed E-state index contributed by atoms with van der Waals surface area (Å²) in [5.74, 6) is 0.471. The Morgan fingerprint density at radius 2 is 1.92 bits per heavy atom. The maximum atomic E-state index is 14.2. The predicted octanol–water partition coefficient (Wildman–Crippen LogP) is 5.25. The number of methoxy groups -OCH3 is 1. The smallest absolute Gasteiger partial charge is 0.329 e. The Morgan fingerprint density at radius 1 is 1.13 bits per heavy atom. The van der Waals surface area contributed by atoms with E-state index in [0.29, 0.717) is 18.1 Å². The number of fused-ring (bicyclic) bond motifs is 1. The Morgan fingerprint density at radius 3 is 2.62 bits per heavy atom. The second-order valence-electron chi connectivity index (χ2n) is 9.76. The largest absolute Gasteiger partial charge is 0.493 e. The van der Waals surface area contributed by atoms with Crippen LogP contribution in [0, 0.1) is 0 Å². The predicted molar refractivity (Wildman–Crippen MR) is 147 cm³/mol. The number of thiazole rings is 1. The van der Waals surface area contributed by atoms with Crippen molar-refractivity contribution in [3.63, 3.8) is 0 Å². The fourth-order valence-corrected chi connectivity index (χ4v) is 5.85. The highest BCUT2D eigenvalue weighted by Crippen LogP contribution is 2.40. The number of ether oxygens (including phenoxy) is 4. The van der Waals surface area contributed by atoms with E-state index in [4.69, 9.17) is 18.9 Å². The molecule has 2 aromatic carbocycles. The molecule has 1 saturated carbocycles. The van der Waals surface area contributed by atoms with Crippen LogP contribution in [0.3, 0.4) is 0 Å². The zero-order valence-corrected chi connectivity index (χ0v) is 23.2. The molecule has 0 saturated heterocycles. The number of aromatic nitrogens is 1. The van der Waals surface area contributed by atoms with Gasteiger partial charge in [0.05, 0.1) is 30.2 Å². The van der Waals surface area contributed by atoms with Gasteiger partial charge in [-0.15, -0.1) is 11.3 Å². The maximum Gasteiger partial charge on any atom is 0.329 e. The summed E-state index contributed by atoms with van der Waals surface area (Å²) in [6, 6.07) is 12.5. The van der Waals surface area contributed by atoms with Crippen LogP contribution in [0.2, 0.25) is 0 Å². The van der Waals surface area contributed by atoms with Gasteiger partial charge in [-0.05, 0) is 37.0 Å². The molecule has 2 aliphatic rings. The molecule has 1 amide bonds. The van der Waals surface area contributed by atoms with Crippen LogP contribution < -0.4 is 9.47 Å². The van der Waals surface area contributed by atoms with Crippen molar-refractivity contribution >= 4 is 23.2 Å². The lowest BCUT2D eigenvalue weighted by Crippen LogP contribution is -2.51. The van der Waals surface area contributed by atoms with Crippen LogP contribution in [0.15, 0.2) is 54.2 Å². The number of hydrogen-bond acceptors (Lipinski definition) is 8. The minimum atomic E-state index is -0.818. The van der Waals surface area contributed by atoms with Crippen molar-refractivity contribution in [2.24, 2.45) is 0 Å². The molecule has 3 aromatic rings. The van der Waals surface area contributed by atoms with Gasteiger partial charge in [0.25, 0.3) is 5.91 Å². The van der Waals surface area contributed by atoms with Crippen molar-refractivity contribution in [3.8, 4) is 11.5 Å². The zero-order valence-electron chi connectivity index (χ0n) is 22.3. The molecule has 1 aromatic heterocycles. The molecule has 0 spiro atoms. The first-order valence-corrected chi connectivity index (χ1v) is 14.3. The van der Waals surface area contributed by atoms with E-state index < -0.39 is 18.1 Å². The molecule has 39 heavy (non-hydrogen) atoms. The Bertz CT molecular complexity index is 1260. The number of esters is 1. The van der Waals surface area contributed by atoms with Crippen molar-refractivity contribution in [2.45, 2.75) is 70.4 Å². The Labute approximate surface area is 232 Å². The second kappa shape index (κ2) is 12.6. The zero-order chi connectivity index (χ0) is 27.2. The van der Waals surface area contributed by atoms with Gasteiger partial charge in [-0.25, -0.2) is 4.79 Å². The third-order valence-corrected chi connectivity index (χ3v) is 8.05. The van der Waals surface area contributed by atoms with Crippen molar-refractivity contribution < 1.29 is 28.5 Å². The number of rotatable bonds is 10. The van der Waals surface area contributed by atoms with E-state index in [1.54, 1.807) is 30.6 Å². The molecule has 2 unspecified atom stereocenters. The van der Waals surface area contributed by atoms with Gasteiger partial charge in [0.15, 0.2) is 17.6 Å². The van der Waals surface area contributed by atoms with E-state index in [-0.39, 0.29) is 31.6 Å². The second-order valence-corrected chi connectivity index (χ2v) is 10.7. The maximum absolute atomic E-state index is 14.2. The van der Waals surface area contributed by atoms with E-state index in [0.717, 1.165) is 47.3 Å². The van der Waals surface area contributed by atoms with Gasteiger partial charge >= 0.3 is 5.97 Å². The molecule has 1 fully saturated rings. The van der Waals surface area contributed by atoms with Crippen LogP contribution in [-0.2, 0) is 38.6 Å². The van der Waals surface area contributed by atoms with Gasteiger partial charge in [-0.2, -0.15) is 0 Å². The van der Waals surface area contributed by atoms with Gasteiger partial charge < -0.3 is 23.8 Å². The lowest BCUT2D eigenvalue weighted by Gasteiger charge is -2.38. The van der Waals surface area contributed by atoms with Crippen molar-refractivity contribution in [1.82, 2.24) is 9.88 Å². The number of nitrogens with zero attached hydrogens (tertiary/aromatic N) is 2. The molecule has 0 bridgehead atoms. The highest BCUT2D eigenvalue weighted by molar-refractivity contribution is 7.09. The summed E-state index contributed by atoms with van der Waals surface area (Å²) in [5, 5.41) is 0. The van der Waals surface area contributed by atoms with E-state index >= 15 is 0 Å². The third-order valence-electron chi connectivity index (χ3n) is 7.30. The third kappa shape index (κ3) is 6.09. The molecule has 9 heteroatoms. The fourth-order valence-electron chi connectivity index (χ4n) is 5.35. The highest BCUT2D eigenvalue weighted by atomic mass is 32.1. The van der Waals surface area contributed by atoms with Gasteiger partial charge in [-0.1, -0.05) is 49.2 Å². The molecule has 0 N–H and O–H groups in total. The monoisotopic (exact) mass is 550 g/mol. The highest BCUT2D eigenvalue weighted by Gasteiger charge is 2.41. The average molecular weight is 551 g/mol. The van der Waals surface area contributed by atoms with Gasteiger partial charge in [0, 0.05) is 24.7 Å². The molecule has 2 heterocycles. The minimum absolute atomic E-state index is 0.0216. The minimum Gasteiger partial charge on any atom is -0.493 e. The average Bonchev–Trinajstić information content (AvgIpc) is 3.69. The summed E-state index contributed by atoms with van der Waals surface area (Å²) in [6.07, 6.45) is 5.29. The van der Waals surface area contributed by atoms with Crippen LogP contribution in [0.25, 0.3) is 0 Å². The molecule has 0 radical (unpaired) electrons. The summed E-state index contributed by atoms with van der Waals surface area (Å²) in [5.41, 5.74) is 4.28. The first kappa shape index (κ1) is 27.1. The van der Waals surface area contributed by atoms with Crippen molar-refractivity contribution in [1.29, 1.82) is 0 Å². The summed E-state index contributed by atoms with van der Waals surface area (Å²) >= 11 is 1.51. The van der Waals surface area contributed by atoms with Crippen LogP contribution in [0.5, 0.6) is 11.5 Å². The molecule has 1 aliphatic carbocycles. The number of amides is 1. The van der Waals surface area contributed by atoms with Crippen LogP contribution in [0.4, 0.5) is 0 Å². The molecule has 2 atom stereocenters. The van der Waals surface area contributed by atoms with E-state index in [1.165, 1.54) is 11.3 Å². The standard InChI is InChI=1S/C30H34N2O6S/c1-3-36-30(34)25-15-24-21(13-14-26(35-2)28(24)37-18-23-16-31-19-39-23)17-32(25)29(33)27(20-9-5-4-6-10-20)38-22-11-7-8-12-22/h4-6,9-10,13-14,16,19,22,25,27H,3,7-8,11-12,15,17-18H2,1-2H3. The van der Waals surface area contributed by atoms with Gasteiger partial charge in [-0.3, -0.25) is 9.78 Å². The lowest BCUT2D eigenvalue weighted by atomic mass is 9.91. The normalized spacial score (nSPS) is 17.9. The molecular formula is C30H34N2O6S. The molecule has 5 rings (SSSR count). The Hall–Kier alpha value is -3.43. The van der Waals surface area contributed by atoms with E-state index in [9.17, 15) is 9.59 Å². The first-order chi connectivity index (χ1) is 19.1. The Kier molecular flexibility index (Phi) is 8.78. The summed E-state index contributed by atoms with van der Waals surface area (Å²) in [4.78, 5) is 34.2. The van der Waals surface area contributed by atoms with E-state index in [2.05, 4.69) is 4.98 Å². The summed E-state index contributed by atoms with van der Waals surface area (Å²) < 4.78 is 23.7. The summed E-state index contributed by atoms with van der Waals surface area (Å²) in [6.45, 7) is 2.55. The van der Waals surface area contributed by atoms with Crippen LogP contribution in [-0.4, -0.2) is 47.6 Å². The van der Waals surface area contributed by atoms with Gasteiger partial charge in [0.2, 0.25) is 0 Å². The van der Waals surface area contributed by atoms with Crippen molar-refractivity contribution in [3.05, 3.63) is 75.7 Å². The summed E-state index contributed by atoms with van der Waals surface area (Å²) in [7, 11) is 1.59. The lowest BCUT2D eigenvalue weighted by molar-refractivity contribution is -0.163. The number of carbonyl (C=O) groups is 2. The molecule has 1 aliphatic heterocycles. The molecule has 8 nitrogen and oxygen atoms in total. The first-order valence-electron chi connectivity index (χ1n) is 13.5. The quantitative estimate of drug-likeness (QED) is 0.319.